The zero-order valence-electron chi connectivity index (χ0n) is 11.9. The first kappa shape index (κ1) is 16.8. The van der Waals surface area contributed by atoms with Crippen molar-refractivity contribution in [2.75, 3.05) is 12.9 Å². The van der Waals surface area contributed by atoms with Gasteiger partial charge in [-0.15, -0.1) is 0 Å². The van der Waals surface area contributed by atoms with E-state index in [0.29, 0.717) is 20.5 Å². The molecule has 0 N–H and O–H groups in total. The molecule has 0 radical (unpaired) electrons. The normalized spacial score (nSPS) is 11.8. The standard InChI is InChI=1S/C15H12ClNO3S2/c1-3-22(19)15-11(8-17)13(20-2)14(21-15)12(18)9-4-6-10(16)7-5-9/h4-7H,3H2,1-2H3. The number of thiophene rings is 1. The SMILES string of the molecule is CC[S+]([O-])c1sc(C(=O)c2ccc(Cl)cc2)c(OC)c1C#N. The van der Waals surface area contributed by atoms with Gasteiger partial charge in [0.05, 0.1) is 7.11 Å². The maximum atomic E-state index is 12.6. The molecule has 0 saturated carbocycles. The molecule has 2 aromatic rings. The van der Waals surface area contributed by atoms with Crippen LogP contribution in [-0.4, -0.2) is 23.2 Å². The molecule has 1 atom stereocenters. The smallest absolute Gasteiger partial charge is 0.229 e. The van der Waals surface area contributed by atoms with Crippen LogP contribution in [0.5, 0.6) is 5.75 Å². The Labute approximate surface area is 140 Å². The van der Waals surface area contributed by atoms with Crippen molar-refractivity contribution >= 4 is 39.9 Å². The van der Waals surface area contributed by atoms with Crippen molar-refractivity contribution < 1.29 is 14.1 Å². The molecule has 0 amide bonds. The van der Waals surface area contributed by atoms with Crippen LogP contribution >= 0.6 is 22.9 Å². The predicted octanol–water partition coefficient (Wildman–Crippen LogP) is 3.64. The van der Waals surface area contributed by atoms with E-state index in [1.165, 1.54) is 7.11 Å². The molecule has 0 fully saturated rings. The summed E-state index contributed by atoms with van der Waals surface area (Å²) in [5, 5.41) is 9.82. The lowest BCUT2D eigenvalue weighted by Gasteiger charge is -2.04. The first-order chi connectivity index (χ1) is 10.5. The summed E-state index contributed by atoms with van der Waals surface area (Å²) in [7, 11) is 1.39. The second kappa shape index (κ2) is 7.16. The zero-order valence-corrected chi connectivity index (χ0v) is 14.3. The lowest BCUT2D eigenvalue weighted by molar-refractivity contribution is 0.104. The number of carbonyl (C=O) groups is 1. The molecule has 1 heterocycles. The Morgan fingerprint density at radius 2 is 2.09 bits per heavy atom. The molecular weight excluding hydrogens is 342 g/mol. The van der Waals surface area contributed by atoms with Crippen molar-refractivity contribution in [3.63, 3.8) is 0 Å². The molecule has 114 valence electrons. The van der Waals surface area contributed by atoms with Gasteiger partial charge >= 0.3 is 0 Å². The number of ketones is 1. The molecule has 0 aliphatic rings. The van der Waals surface area contributed by atoms with Crippen molar-refractivity contribution in [2.45, 2.75) is 11.1 Å². The summed E-state index contributed by atoms with van der Waals surface area (Å²) in [5.41, 5.74) is 0.604. The van der Waals surface area contributed by atoms with Crippen molar-refractivity contribution in [3.8, 4) is 11.8 Å². The average molecular weight is 354 g/mol. The van der Waals surface area contributed by atoms with Gasteiger partial charge in [0.15, 0.2) is 11.3 Å². The largest absolute Gasteiger partial charge is 0.611 e. The van der Waals surface area contributed by atoms with Crippen LogP contribution in [-0.2, 0) is 11.2 Å². The lowest BCUT2D eigenvalue weighted by Crippen LogP contribution is -2.03. The Kier molecular flexibility index (Phi) is 5.48. The average Bonchev–Trinajstić information content (AvgIpc) is 2.92. The van der Waals surface area contributed by atoms with Gasteiger partial charge in [-0.2, -0.15) is 5.26 Å². The number of ether oxygens (including phenoxy) is 1. The van der Waals surface area contributed by atoms with E-state index in [4.69, 9.17) is 16.3 Å². The third kappa shape index (κ3) is 3.13. The monoisotopic (exact) mass is 353 g/mol. The van der Waals surface area contributed by atoms with Gasteiger partial charge in [-0.05, 0) is 42.4 Å². The molecule has 0 saturated heterocycles. The number of rotatable bonds is 5. The number of halogens is 1. The molecule has 7 heteroatoms. The van der Waals surface area contributed by atoms with Crippen LogP contribution in [0, 0.1) is 11.3 Å². The van der Waals surface area contributed by atoms with Gasteiger partial charge in [0.25, 0.3) is 0 Å². The van der Waals surface area contributed by atoms with Gasteiger partial charge in [-0.25, -0.2) is 0 Å². The van der Waals surface area contributed by atoms with E-state index >= 15 is 0 Å². The van der Waals surface area contributed by atoms with Crippen LogP contribution in [0.4, 0.5) is 0 Å². The lowest BCUT2D eigenvalue weighted by atomic mass is 10.1. The van der Waals surface area contributed by atoms with Crippen LogP contribution < -0.4 is 4.74 Å². The first-order valence-corrected chi connectivity index (χ1v) is 8.84. The molecule has 1 aromatic heterocycles. The van der Waals surface area contributed by atoms with E-state index in [-0.39, 0.29) is 22.0 Å². The molecule has 22 heavy (non-hydrogen) atoms. The van der Waals surface area contributed by atoms with E-state index < -0.39 is 11.2 Å². The van der Waals surface area contributed by atoms with E-state index in [9.17, 15) is 14.6 Å². The fourth-order valence-electron chi connectivity index (χ4n) is 1.86. The Morgan fingerprint density at radius 1 is 1.45 bits per heavy atom. The van der Waals surface area contributed by atoms with Gasteiger partial charge in [0.2, 0.25) is 9.99 Å². The van der Waals surface area contributed by atoms with Gasteiger partial charge in [-0.3, -0.25) is 4.79 Å². The van der Waals surface area contributed by atoms with Gasteiger partial charge in [0.1, 0.15) is 16.7 Å². The summed E-state index contributed by atoms with van der Waals surface area (Å²) in [6.45, 7) is 1.75. The van der Waals surface area contributed by atoms with Crippen LogP contribution in [0.1, 0.15) is 27.7 Å². The molecule has 0 aliphatic carbocycles. The number of methoxy groups -OCH3 is 1. The zero-order chi connectivity index (χ0) is 16.3. The van der Waals surface area contributed by atoms with Crippen LogP contribution in [0.25, 0.3) is 0 Å². The molecule has 1 aromatic carbocycles. The Morgan fingerprint density at radius 3 is 2.59 bits per heavy atom. The minimum absolute atomic E-state index is 0.171. The number of nitriles is 1. The van der Waals surface area contributed by atoms with Crippen LogP contribution in [0.2, 0.25) is 5.02 Å². The van der Waals surface area contributed by atoms with E-state index in [1.54, 1.807) is 31.2 Å². The predicted molar refractivity (Wildman–Crippen MR) is 87.4 cm³/mol. The maximum Gasteiger partial charge on any atom is 0.229 e. The highest BCUT2D eigenvalue weighted by molar-refractivity contribution is 7.93. The summed E-state index contributed by atoms with van der Waals surface area (Å²) in [5.74, 6) is 0.269. The van der Waals surface area contributed by atoms with Crippen molar-refractivity contribution in [3.05, 3.63) is 45.3 Å². The van der Waals surface area contributed by atoms with Gasteiger partial charge in [0, 0.05) is 10.6 Å². The van der Waals surface area contributed by atoms with E-state index in [2.05, 4.69) is 0 Å². The molecule has 0 aliphatic heterocycles. The fraction of sp³-hybridized carbons (Fsp3) is 0.200. The number of benzene rings is 1. The Hall–Kier alpha value is -1.52. The quantitative estimate of drug-likeness (QED) is 0.607. The highest BCUT2D eigenvalue weighted by Gasteiger charge is 2.30. The van der Waals surface area contributed by atoms with Crippen molar-refractivity contribution in [2.24, 2.45) is 0 Å². The Balaban J connectivity index is 2.55. The van der Waals surface area contributed by atoms with Crippen LogP contribution in [0.3, 0.4) is 0 Å². The van der Waals surface area contributed by atoms with Crippen molar-refractivity contribution in [1.82, 2.24) is 0 Å². The maximum absolute atomic E-state index is 12.6. The number of carbonyl (C=O) groups excluding carboxylic acids is 1. The fourth-order valence-corrected chi connectivity index (χ4v) is 4.50. The van der Waals surface area contributed by atoms with Crippen molar-refractivity contribution in [1.29, 1.82) is 5.26 Å². The van der Waals surface area contributed by atoms with Gasteiger partial charge < -0.3 is 9.29 Å². The minimum Gasteiger partial charge on any atom is -0.611 e. The topological polar surface area (TPSA) is 73.2 Å². The van der Waals surface area contributed by atoms with Gasteiger partial charge in [-0.1, -0.05) is 22.9 Å². The summed E-state index contributed by atoms with van der Waals surface area (Å²) >= 11 is 5.53. The third-order valence-corrected chi connectivity index (χ3v) is 6.10. The summed E-state index contributed by atoms with van der Waals surface area (Å²) < 4.78 is 17.7. The summed E-state index contributed by atoms with van der Waals surface area (Å²) in [6, 6.07) is 8.42. The highest BCUT2D eigenvalue weighted by Crippen LogP contribution is 2.39. The molecular formula is C15H12ClNO3S2. The molecule has 0 spiro atoms. The van der Waals surface area contributed by atoms with E-state index in [0.717, 1.165) is 11.3 Å². The summed E-state index contributed by atoms with van der Waals surface area (Å²) in [6.07, 6.45) is 0. The highest BCUT2D eigenvalue weighted by atomic mass is 35.5. The minimum atomic E-state index is -1.33. The molecule has 4 nitrogen and oxygen atoms in total. The Bertz CT molecular complexity index is 734. The number of hydrogen-bond donors (Lipinski definition) is 0. The molecule has 0 bridgehead atoms. The third-order valence-electron chi connectivity index (χ3n) is 2.93. The van der Waals surface area contributed by atoms with Crippen LogP contribution in [0.15, 0.2) is 28.5 Å². The number of nitrogens with zero attached hydrogens (tertiary/aromatic N) is 1. The first-order valence-electron chi connectivity index (χ1n) is 6.33. The molecule has 1 unspecified atom stereocenters. The second-order valence-corrected chi connectivity index (χ2v) is 7.60. The summed E-state index contributed by atoms with van der Waals surface area (Å²) in [4.78, 5) is 12.9. The second-order valence-electron chi connectivity index (χ2n) is 4.21. The molecule has 2 rings (SSSR count). The number of hydrogen-bond acceptors (Lipinski definition) is 5. The van der Waals surface area contributed by atoms with E-state index in [1.807, 2.05) is 6.07 Å².